The van der Waals surface area contributed by atoms with Gasteiger partial charge in [0.2, 0.25) is 0 Å². The fourth-order valence-electron chi connectivity index (χ4n) is 5.92. The van der Waals surface area contributed by atoms with Gasteiger partial charge in [-0.3, -0.25) is 4.79 Å². The summed E-state index contributed by atoms with van der Waals surface area (Å²) in [5, 5.41) is 0. The molecule has 39 heavy (non-hydrogen) atoms. The van der Waals surface area contributed by atoms with Crippen molar-refractivity contribution in [2.24, 2.45) is 0 Å². The number of amides is 1. The normalized spacial score (nSPS) is 18.7. The molecule has 1 aliphatic carbocycles. The number of anilines is 1. The molecule has 0 saturated carbocycles. The smallest absolute Gasteiger partial charge is 0.416 e. The van der Waals surface area contributed by atoms with Crippen LogP contribution in [0.2, 0.25) is 0 Å². The molecule has 4 nitrogen and oxygen atoms in total. The molecular weight excluding hydrogens is 501 g/mol. The highest BCUT2D eigenvalue weighted by molar-refractivity contribution is 5.91. The summed E-state index contributed by atoms with van der Waals surface area (Å²) < 4.78 is 44.6. The van der Waals surface area contributed by atoms with E-state index in [1.807, 2.05) is 11.0 Å². The van der Waals surface area contributed by atoms with E-state index < -0.39 is 11.7 Å². The molecular formula is C32H37F3N2O2. The Hall–Kier alpha value is -3.22. The predicted molar refractivity (Wildman–Crippen MR) is 148 cm³/mol. The van der Waals surface area contributed by atoms with Crippen LogP contribution in [0.3, 0.4) is 0 Å². The highest BCUT2D eigenvalue weighted by Crippen LogP contribution is 2.46. The van der Waals surface area contributed by atoms with E-state index in [1.54, 1.807) is 11.0 Å². The van der Waals surface area contributed by atoms with Gasteiger partial charge in [0.1, 0.15) is 5.76 Å². The van der Waals surface area contributed by atoms with Crippen LogP contribution < -0.4 is 4.90 Å². The Balaban J connectivity index is 1.24. The third kappa shape index (κ3) is 5.45. The molecule has 1 aliphatic heterocycles. The summed E-state index contributed by atoms with van der Waals surface area (Å²) in [6, 6.07) is 13.5. The van der Waals surface area contributed by atoms with Crippen molar-refractivity contribution in [2.75, 3.05) is 31.1 Å². The van der Waals surface area contributed by atoms with Gasteiger partial charge in [-0.2, -0.15) is 13.2 Å². The van der Waals surface area contributed by atoms with Crippen LogP contribution in [0.1, 0.15) is 84.7 Å². The van der Waals surface area contributed by atoms with E-state index in [-0.39, 0.29) is 16.7 Å². The van der Waals surface area contributed by atoms with E-state index >= 15 is 0 Å². The van der Waals surface area contributed by atoms with Crippen molar-refractivity contribution < 1.29 is 22.4 Å². The van der Waals surface area contributed by atoms with E-state index in [0.29, 0.717) is 38.4 Å². The summed E-state index contributed by atoms with van der Waals surface area (Å²) in [7, 11) is 0. The predicted octanol–water partition coefficient (Wildman–Crippen LogP) is 7.51. The molecule has 0 N–H and O–H groups in total. The van der Waals surface area contributed by atoms with Crippen molar-refractivity contribution in [1.29, 1.82) is 0 Å². The van der Waals surface area contributed by atoms with Gasteiger partial charge >= 0.3 is 6.18 Å². The van der Waals surface area contributed by atoms with Crippen LogP contribution in [0.4, 0.5) is 18.9 Å². The zero-order chi connectivity index (χ0) is 28.2. The van der Waals surface area contributed by atoms with Crippen LogP contribution in [-0.4, -0.2) is 37.0 Å². The van der Waals surface area contributed by atoms with Crippen LogP contribution in [0.15, 0.2) is 52.9 Å². The number of rotatable bonds is 4. The summed E-state index contributed by atoms with van der Waals surface area (Å²) in [5.41, 5.74) is 5.66. The van der Waals surface area contributed by atoms with Crippen molar-refractivity contribution in [3.05, 3.63) is 87.9 Å². The summed E-state index contributed by atoms with van der Waals surface area (Å²) in [6.07, 6.45) is -1.39. The zero-order valence-corrected chi connectivity index (χ0v) is 23.4. The molecule has 2 aliphatic rings. The van der Waals surface area contributed by atoms with Gasteiger partial charge in [0, 0.05) is 38.3 Å². The Morgan fingerprint density at radius 1 is 0.872 bits per heavy atom. The Morgan fingerprint density at radius 2 is 1.46 bits per heavy atom. The first-order chi connectivity index (χ1) is 18.2. The molecule has 0 atom stereocenters. The number of aryl methyl sites for hydroxylation is 1. The van der Waals surface area contributed by atoms with Crippen molar-refractivity contribution in [3.63, 3.8) is 0 Å². The molecule has 208 valence electrons. The highest BCUT2D eigenvalue weighted by Gasteiger charge is 2.37. The number of carbonyl (C=O) groups excluding carboxylic acids is 1. The Kier molecular flexibility index (Phi) is 6.84. The number of carbonyl (C=O) groups is 1. The largest absolute Gasteiger partial charge is 0.456 e. The lowest BCUT2D eigenvalue weighted by molar-refractivity contribution is -0.137. The number of hydrogen-bond donors (Lipinski definition) is 0. The van der Waals surface area contributed by atoms with Crippen molar-refractivity contribution in [3.8, 4) is 0 Å². The number of piperazine rings is 1. The van der Waals surface area contributed by atoms with Crippen LogP contribution in [0.5, 0.6) is 0 Å². The fourth-order valence-corrected chi connectivity index (χ4v) is 5.92. The molecule has 5 rings (SSSR count). The minimum absolute atomic E-state index is 0.125. The maximum absolute atomic E-state index is 13.2. The molecule has 0 radical (unpaired) electrons. The van der Waals surface area contributed by atoms with Gasteiger partial charge in [-0.1, -0.05) is 39.8 Å². The van der Waals surface area contributed by atoms with E-state index in [9.17, 15) is 18.0 Å². The van der Waals surface area contributed by atoms with Gasteiger partial charge in [0.25, 0.3) is 5.91 Å². The van der Waals surface area contributed by atoms with Gasteiger partial charge in [-0.15, -0.1) is 0 Å². The molecule has 0 bridgehead atoms. The molecule has 0 unspecified atom stereocenters. The Bertz CT molecular complexity index is 1360. The minimum atomic E-state index is -4.35. The Morgan fingerprint density at radius 3 is 2.05 bits per heavy atom. The van der Waals surface area contributed by atoms with Crippen molar-refractivity contribution in [2.45, 2.75) is 70.9 Å². The lowest BCUT2D eigenvalue weighted by Crippen LogP contribution is -2.48. The summed E-state index contributed by atoms with van der Waals surface area (Å²) in [4.78, 5) is 16.9. The first-order valence-corrected chi connectivity index (χ1v) is 13.7. The molecule has 7 heteroatoms. The quantitative estimate of drug-likeness (QED) is 0.345. The average Bonchev–Trinajstić information content (AvgIpc) is 3.35. The van der Waals surface area contributed by atoms with Crippen molar-refractivity contribution in [1.82, 2.24) is 4.90 Å². The van der Waals surface area contributed by atoms with Gasteiger partial charge in [-0.05, 0) is 89.2 Å². The van der Waals surface area contributed by atoms with E-state index in [1.165, 1.54) is 40.8 Å². The maximum atomic E-state index is 13.2. The third-order valence-electron chi connectivity index (χ3n) is 8.67. The van der Waals surface area contributed by atoms with Gasteiger partial charge in [0.05, 0.1) is 5.56 Å². The molecule has 1 saturated heterocycles. The maximum Gasteiger partial charge on any atom is 0.416 e. The van der Waals surface area contributed by atoms with Crippen LogP contribution in [0.25, 0.3) is 0 Å². The first kappa shape index (κ1) is 27.4. The van der Waals surface area contributed by atoms with E-state index in [0.717, 1.165) is 30.0 Å². The number of nitrogens with zero attached hydrogens (tertiary/aromatic N) is 2. The molecule has 3 aromatic rings. The standard InChI is InChI=1S/C32H37F3N2O2/c1-21-18-26-27(31(4,5)13-12-30(26,2)3)20-22(21)19-25-10-11-28(39-25)29(38)37-16-14-36(15-17-37)24-8-6-23(7-9-24)32(33,34)35/h6-11,18,20H,12-17,19H2,1-5H3. The second-order valence-electron chi connectivity index (χ2n) is 12.4. The molecule has 2 heterocycles. The van der Waals surface area contributed by atoms with Gasteiger partial charge in [-0.25, -0.2) is 0 Å². The Labute approximate surface area is 228 Å². The third-order valence-corrected chi connectivity index (χ3v) is 8.67. The molecule has 1 aromatic heterocycles. The molecule has 0 spiro atoms. The fraction of sp³-hybridized carbons (Fsp3) is 0.469. The number of benzene rings is 2. The lowest BCUT2D eigenvalue weighted by Gasteiger charge is -2.42. The topological polar surface area (TPSA) is 36.7 Å². The van der Waals surface area contributed by atoms with Crippen LogP contribution >= 0.6 is 0 Å². The molecule has 1 fully saturated rings. The lowest BCUT2D eigenvalue weighted by atomic mass is 9.62. The monoisotopic (exact) mass is 538 g/mol. The van der Waals surface area contributed by atoms with Gasteiger partial charge in [0.15, 0.2) is 5.76 Å². The van der Waals surface area contributed by atoms with Crippen molar-refractivity contribution >= 4 is 11.6 Å². The van der Waals surface area contributed by atoms with E-state index in [2.05, 4.69) is 46.8 Å². The number of fused-ring (bicyclic) bond motifs is 1. The van der Waals surface area contributed by atoms with Crippen LogP contribution in [0, 0.1) is 6.92 Å². The second kappa shape index (κ2) is 9.76. The number of hydrogen-bond acceptors (Lipinski definition) is 3. The zero-order valence-electron chi connectivity index (χ0n) is 23.4. The highest BCUT2D eigenvalue weighted by atomic mass is 19.4. The summed E-state index contributed by atoms with van der Waals surface area (Å²) >= 11 is 0. The average molecular weight is 539 g/mol. The minimum Gasteiger partial charge on any atom is -0.456 e. The molecule has 1 amide bonds. The first-order valence-electron chi connectivity index (χ1n) is 13.7. The second-order valence-corrected chi connectivity index (χ2v) is 12.4. The number of alkyl halides is 3. The SMILES string of the molecule is Cc1cc2c(cc1Cc1ccc(C(=O)N3CCN(c4ccc(C(F)(F)F)cc4)CC3)o1)C(C)(C)CCC2(C)C. The summed E-state index contributed by atoms with van der Waals surface area (Å²) in [6.45, 7) is 13.5. The number of furan rings is 1. The van der Waals surface area contributed by atoms with Crippen LogP contribution in [-0.2, 0) is 23.4 Å². The molecule has 2 aromatic carbocycles. The van der Waals surface area contributed by atoms with E-state index in [4.69, 9.17) is 4.42 Å². The summed E-state index contributed by atoms with van der Waals surface area (Å²) in [5.74, 6) is 0.932. The van der Waals surface area contributed by atoms with Gasteiger partial charge < -0.3 is 14.2 Å². The number of halogens is 3.